The molecule has 0 unspecified atom stereocenters. The average Bonchev–Trinajstić information content (AvgIpc) is 2.81. The lowest BCUT2D eigenvalue weighted by Crippen LogP contribution is -1.91. The van der Waals surface area contributed by atoms with Crippen molar-refractivity contribution in [2.45, 2.75) is 0 Å². The van der Waals surface area contributed by atoms with Gasteiger partial charge in [0.05, 0.1) is 0 Å². The third-order valence-corrected chi connectivity index (χ3v) is 2.98. The summed E-state index contributed by atoms with van der Waals surface area (Å²) in [5.74, 6) is 0.860. The Morgan fingerprint density at radius 1 is 1.17 bits per heavy atom. The fraction of sp³-hybridized carbons (Fsp3) is 0.0714. The molecule has 0 atom stereocenters. The normalized spacial score (nSPS) is 10.7. The van der Waals surface area contributed by atoms with Gasteiger partial charge in [0, 0.05) is 41.1 Å². The van der Waals surface area contributed by atoms with E-state index in [0.29, 0.717) is 0 Å². The molecule has 4 N–H and O–H groups in total. The summed E-state index contributed by atoms with van der Waals surface area (Å²) in [6.07, 6.45) is 1.85. The number of benzene rings is 1. The molecule has 3 aromatic rings. The van der Waals surface area contributed by atoms with Gasteiger partial charge in [-0.15, -0.1) is 0 Å². The predicted molar refractivity (Wildman–Crippen MR) is 75.5 cm³/mol. The van der Waals surface area contributed by atoms with Crippen LogP contribution in [0.15, 0.2) is 42.6 Å². The SMILES string of the molecule is CNc1ccc(-c2cc3cc(N)ccc3[nH]2)cn1. The summed E-state index contributed by atoms with van der Waals surface area (Å²) in [6, 6.07) is 11.9. The van der Waals surface area contributed by atoms with Crippen LogP contribution >= 0.6 is 0 Å². The van der Waals surface area contributed by atoms with E-state index in [-0.39, 0.29) is 0 Å². The molecule has 0 aliphatic heterocycles. The first-order valence-electron chi connectivity index (χ1n) is 5.79. The van der Waals surface area contributed by atoms with Crippen LogP contribution < -0.4 is 11.1 Å². The largest absolute Gasteiger partial charge is 0.399 e. The van der Waals surface area contributed by atoms with E-state index in [9.17, 15) is 0 Å². The molecule has 4 nitrogen and oxygen atoms in total. The first kappa shape index (κ1) is 10.7. The number of rotatable bonds is 2. The topological polar surface area (TPSA) is 66.7 Å². The Morgan fingerprint density at radius 3 is 2.78 bits per heavy atom. The second-order valence-corrected chi connectivity index (χ2v) is 4.21. The van der Waals surface area contributed by atoms with Crippen LogP contribution in [-0.4, -0.2) is 17.0 Å². The molecule has 4 heteroatoms. The van der Waals surface area contributed by atoms with Crippen molar-refractivity contribution >= 4 is 22.4 Å². The Kier molecular flexibility index (Phi) is 2.41. The van der Waals surface area contributed by atoms with Crippen LogP contribution in [-0.2, 0) is 0 Å². The second-order valence-electron chi connectivity index (χ2n) is 4.21. The number of H-pyrrole nitrogens is 1. The van der Waals surface area contributed by atoms with E-state index in [4.69, 9.17) is 5.73 Å². The monoisotopic (exact) mass is 238 g/mol. The van der Waals surface area contributed by atoms with Gasteiger partial charge in [0.25, 0.3) is 0 Å². The van der Waals surface area contributed by atoms with E-state index in [2.05, 4.69) is 21.4 Å². The summed E-state index contributed by atoms with van der Waals surface area (Å²) in [5.41, 5.74) is 9.74. The summed E-state index contributed by atoms with van der Waals surface area (Å²) in [5, 5.41) is 4.12. The molecular weight excluding hydrogens is 224 g/mol. The molecule has 18 heavy (non-hydrogen) atoms. The molecule has 0 radical (unpaired) electrons. The van der Waals surface area contributed by atoms with Crippen molar-refractivity contribution in [2.75, 3.05) is 18.1 Å². The van der Waals surface area contributed by atoms with Gasteiger partial charge < -0.3 is 16.0 Å². The van der Waals surface area contributed by atoms with Crippen LogP contribution in [0.5, 0.6) is 0 Å². The molecule has 0 saturated carbocycles. The van der Waals surface area contributed by atoms with Crippen LogP contribution in [0.3, 0.4) is 0 Å². The minimum Gasteiger partial charge on any atom is -0.399 e. The number of anilines is 2. The molecule has 0 aliphatic rings. The molecule has 0 fully saturated rings. The van der Waals surface area contributed by atoms with Crippen LogP contribution in [0.1, 0.15) is 0 Å². The average molecular weight is 238 g/mol. The lowest BCUT2D eigenvalue weighted by molar-refractivity contribution is 1.28. The number of hydrogen-bond acceptors (Lipinski definition) is 3. The quantitative estimate of drug-likeness (QED) is 0.601. The van der Waals surface area contributed by atoms with E-state index >= 15 is 0 Å². The van der Waals surface area contributed by atoms with E-state index in [1.54, 1.807) is 0 Å². The van der Waals surface area contributed by atoms with E-state index in [1.807, 2.05) is 43.6 Å². The molecule has 0 aliphatic carbocycles. The van der Waals surface area contributed by atoms with Gasteiger partial charge in [0.15, 0.2) is 0 Å². The van der Waals surface area contributed by atoms with Crippen molar-refractivity contribution in [3.8, 4) is 11.3 Å². The van der Waals surface area contributed by atoms with Gasteiger partial charge in [-0.2, -0.15) is 0 Å². The van der Waals surface area contributed by atoms with Gasteiger partial charge in [0.2, 0.25) is 0 Å². The number of fused-ring (bicyclic) bond motifs is 1. The van der Waals surface area contributed by atoms with Crippen molar-refractivity contribution < 1.29 is 0 Å². The highest BCUT2D eigenvalue weighted by atomic mass is 14.9. The number of hydrogen-bond donors (Lipinski definition) is 3. The number of aromatic amines is 1. The highest BCUT2D eigenvalue weighted by Crippen LogP contribution is 2.25. The maximum absolute atomic E-state index is 5.78. The zero-order valence-electron chi connectivity index (χ0n) is 10.1. The molecule has 1 aromatic carbocycles. The molecule has 2 aromatic heterocycles. The summed E-state index contributed by atoms with van der Waals surface area (Å²) >= 11 is 0. The fourth-order valence-corrected chi connectivity index (χ4v) is 2.01. The first-order valence-corrected chi connectivity index (χ1v) is 5.79. The molecule has 0 spiro atoms. The van der Waals surface area contributed by atoms with E-state index in [1.165, 1.54) is 0 Å². The Balaban J connectivity index is 2.07. The molecule has 90 valence electrons. The third-order valence-electron chi connectivity index (χ3n) is 2.98. The molecular formula is C14H14N4. The highest BCUT2D eigenvalue weighted by molar-refractivity contribution is 5.88. The predicted octanol–water partition coefficient (Wildman–Crippen LogP) is 2.85. The van der Waals surface area contributed by atoms with Crippen LogP contribution in [0.2, 0.25) is 0 Å². The van der Waals surface area contributed by atoms with Crippen LogP contribution in [0.4, 0.5) is 11.5 Å². The Hall–Kier alpha value is -2.49. The van der Waals surface area contributed by atoms with E-state index < -0.39 is 0 Å². The van der Waals surface area contributed by atoms with Crippen molar-refractivity contribution in [1.29, 1.82) is 0 Å². The maximum atomic E-state index is 5.78. The Morgan fingerprint density at radius 2 is 2.06 bits per heavy atom. The van der Waals surface area contributed by atoms with E-state index in [0.717, 1.165) is 33.7 Å². The number of pyridine rings is 1. The smallest absolute Gasteiger partial charge is 0.125 e. The number of nitrogens with two attached hydrogens (primary N) is 1. The van der Waals surface area contributed by atoms with Crippen molar-refractivity contribution in [3.63, 3.8) is 0 Å². The van der Waals surface area contributed by atoms with Crippen molar-refractivity contribution in [3.05, 3.63) is 42.6 Å². The van der Waals surface area contributed by atoms with Crippen molar-refractivity contribution in [2.24, 2.45) is 0 Å². The number of aromatic nitrogens is 2. The fourth-order valence-electron chi connectivity index (χ4n) is 2.01. The van der Waals surface area contributed by atoms with Gasteiger partial charge in [-0.05, 0) is 36.4 Å². The zero-order chi connectivity index (χ0) is 12.5. The molecule has 0 bridgehead atoms. The number of nitrogens with one attached hydrogen (secondary N) is 2. The second kappa shape index (κ2) is 4.07. The minimum atomic E-state index is 0.775. The lowest BCUT2D eigenvalue weighted by atomic mass is 10.2. The molecule has 0 amide bonds. The first-order chi connectivity index (χ1) is 8.76. The van der Waals surface area contributed by atoms with Crippen LogP contribution in [0.25, 0.3) is 22.2 Å². The van der Waals surface area contributed by atoms with Gasteiger partial charge >= 0.3 is 0 Å². The van der Waals surface area contributed by atoms with Crippen molar-refractivity contribution in [1.82, 2.24) is 9.97 Å². The Bertz CT molecular complexity index is 683. The molecule has 0 saturated heterocycles. The van der Waals surface area contributed by atoms with Gasteiger partial charge in [0.1, 0.15) is 5.82 Å². The van der Waals surface area contributed by atoms with Gasteiger partial charge in [-0.3, -0.25) is 0 Å². The van der Waals surface area contributed by atoms with Gasteiger partial charge in [-0.1, -0.05) is 0 Å². The highest BCUT2D eigenvalue weighted by Gasteiger charge is 2.04. The maximum Gasteiger partial charge on any atom is 0.125 e. The molecule has 3 rings (SSSR count). The lowest BCUT2D eigenvalue weighted by Gasteiger charge is -2.00. The third kappa shape index (κ3) is 1.78. The molecule has 2 heterocycles. The minimum absolute atomic E-state index is 0.775. The summed E-state index contributed by atoms with van der Waals surface area (Å²) in [7, 11) is 1.85. The zero-order valence-corrected chi connectivity index (χ0v) is 10.1. The number of nitrogens with zero attached hydrogens (tertiary/aromatic N) is 1. The van der Waals surface area contributed by atoms with Gasteiger partial charge in [-0.25, -0.2) is 4.98 Å². The standard InChI is InChI=1S/C14H14N4/c1-16-14-5-2-9(8-17-14)13-7-10-6-11(15)3-4-12(10)18-13/h2-8,18H,15H2,1H3,(H,16,17). The summed E-state index contributed by atoms with van der Waals surface area (Å²) in [6.45, 7) is 0. The Labute approximate surface area is 105 Å². The van der Waals surface area contributed by atoms with Crippen LogP contribution in [0, 0.1) is 0 Å². The summed E-state index contributed by atoms with van der Waals surface area (Å²) < 4.78 is 0. The number of nitrogen functional groups attached to an aromatic ring is 1. The summed E-state index contributed by atoms with van der Waals surface area (Å²) in [4.78, 5) is 7.67.